The lowest BCUT2D eigenvalue weighted by atomic mass is 10.1. The van der Waals surface area contributed by atoms with Crippen LogP contribution in [0.4, 0.5) is 0 Å². The topological polar surface area (TPSA) is 72.2 Å². The van der Waals surface area contributed by atoms with Gasteiger partial charge in [0.2, 0.25) is 10.0 Å². The highest BCUT2D eigenvalue weighted by Crippen LogP contribution is 2.14. The Morgan fingerprint density at radius 3 is 2.06 bits per heavy atom. The molecule has 0 aliphatic heterocycles. The molecule has 0 saturated heterocycles. The Bertz CT molecular complexity index is 481. The maximum Gasteiger partial charge on any atom is 0.240 e. The van der Waals surface area contributed by atoms with E-state index in [-0.39, 0.29) is 6.54 Å². The predicted molar refractivity (Wildman–Crippen MR) is 69.4 cm³/mol. The van der Waals surface area contributed by atoms with E-state index < -0.39 is 15.6 Å². The van der Waals surface area contributed by atoms with Crippen molar-refractivity contribution in [1.29, 1.82) is 0 Å². The van der Waals surface area contributed by atoms with Gasteiger partial charge in [0.1, 0.15) is 0 Å². The number of nitrogens with two attached hydrogens (primary N) is 1. The van der Waals surface area contributed by atoms with E-state index in [4.69, 9.17) is 5.73 Å². The third-order valence-electron chi connectivity index (χ3n) is 2.22. The highest BCUT2D eigenvalue weighted by atomic mass is 32.2. The van der Waals surface area contributed by atoms with Crippen molar-refractivity contribution in [2.45, 2.75) is 38.1 Å². The van der Waals surface area contributed by atoms with Crippen LogP contribution in [0, 0.1) is 13.8 Å². The lowest BCUT2D eigenvalue weighted by Crippen LogP contribution is -2.45. The molecule has 0 aliphatic carbocycles. The fourth-order valence-electron chi connectivity index (χ4n) is 1.45. The van der Waals surface area contributed by atoms with Crippen LogP contribution < -0.4 is 10.5 Å². The molecule has 96 valence electrons. The second-order valence-electron chi connectivity index (χ2n) is 5.14. The van der Waals surface area contributed by atoms with Crippen molar-refractivity contribution >= 4 is 10.0 Å². The van der Waals surface area contributed by atoms with Gasteiger partial charge in [-0.05, 0) is 51.0 Å². The Morgan fingerprint density at radius 1 is 1.18 bits per heavy atom. The van der Waals surface area contributed by atoms with Crippen LogP contribution in [-0.2, 0) is 10.0 Å². The van der Waals surface area contributed by atoms with Crippen molar-refractivity contribution in [2.24, 2.45) is 5.73 Å². The normalized spacial score (nSPS) is 12.8. The molecular formula is C12H20N2O2S. The summed E-state index contributed by atoms with van der Waals surface area (Å²) in [5, 5.41) is 0. The summed E-state index contributed by atoms with van der Waals surface area (Å²) < 4.78 is 26.6. The summed E-state index contributed by atoms with van der Waals surface area (Å²) in [7, 11) is -3.47. The fraction of sp³-hybridized carbons (Fsp3) is 0.500. The van der Waals surface area contributed by atoms with Gasteiger partial charge in [0, 0.05) is 12.1 Å². The van der Waals surface area contributed by atoms with Crippen LogP contribution in [0.25, 0.3) is 0 Å². The average molecular weight is 256 g/mol. The van der Waals surface area contributed by atoms with Crippen LogP contribution in [0.3, 0.4) is 0 Å². The van der Waals surface area contributed by atoms with Crippen LogP contribution in [-0.4, -0.2) is 20.5 Å². The average Bonchev–Trinajstić information content (AvgIpc) is 2.12. The molecule has 0 fully saturated rings. The van der Waals surface area contributed by atoms with E-state index >= 15 is 0 Å². The van der Waals surface area contributed by atoms with Crippen LogP contribution in [0.15, 0.2) is 23.1 Å². The fourth-order valence-corrected chi connectivity index (χ4v) is 2.86. The van der Waals surface area contributed by atoms with Gasteiger partial charge in [0.25, 0.3) is 0 Å². The van der Waals surface area contributed by atoms with Gasteiger partial charge in [-0.15, -0.1) is 0 Å². The van der Waals surface area contributed by atoms with Crippen molar-refractivity contribution < 1.29 is 8.42 Å². The Hall–Kier alpha value is -0.910. The summed E-state index contributed by atoms with van der Waals surface area (Å²) in [6, 6.07) is 5.24. The number of rotatable bonds is 4. The zero-order chi connectivity index (χ0) is 13.3. The molecular weight excluding hydrogens is 236 g/mol. The van der Waals surface area contributed by atoms with Crippen LogP contribution >= 0.6 is 0 Å². The Kier molecular flexibility index (Phi) is 3.96. The maximum absolute atomic E-state index is 12.0. The van der Waals surface area contributed by atoms with Crippen molar-refractivity contribution in [3.63, 3.8) is 0 Å². The quantitative estimate of drug-likeness (QED) is 0.853. The molecule has 0 aromatic heterocycles. The van der Waals surface area contributed by atoms with Crippen LogP contribution in [0.2, 0.25) is 0 Å². The Balaban J connectivity index is 2.98. The first-order valence-corrected chi connectivity index (χ1v) is 6.95. The summed E-state index contributed by atoms with van der Waals surface area (Å²) in [5.74, 6) is 0. The van der Waals surface area contributed by atoms with Gasteiger partial charge in [-0.1, -0.05) is 6.07 Å². The third-order valence-corrected chi connectivity index (χ3v) is 3.60. The van der Waals surface area contributed by atoms with Crippen molar-refractivity contribution in [3.05, 3.63) is 29.3 Å². The number of hydrogen-bond donors (Lipinski definition) is 2. The molecule has 0 atom stereocenters. The minimum absolute atomic E-state index is 0.211. The molecule has 0 saturated carbocycles. The van der Waals surface area contributed by atoms with E-state index in [0.717, 1.165) is 11.1 Å². The van der Waals surface area contributed by atoms with Crippen LogP contribution in [0.5, 0.6) is 0 Å². The second-order valence-corrected chi connectivity index (χ2v) is 6.90. The number of aryl methyl sites for hydroxylation is 2. The highest BCUT2D eigenvalue weighted by Gasteiger charge is 2.18. The van der Waals surface area contributed by atoms with Gasteiger partial charge in [0.05, 0.1) is 4.90 Å². The van der Waals surface area contributed by atoms with Gasteiger partial charge < -0.3 is 5.73 Å². The zero-order valence-electron chi connectivity index (χ0n) is 10.7. The standard InChI is InChI=1S/C12H20N2O2S/c1-9-5-10(2)7-11(6-9)17(15,16)14-8-12(3,4)13/h5-7,14H,8,13H2,1-4H3. The number of hydrogen-bond acceptors (Lipinski definition) is 3. The van der Waals surface area contributed by atoms with Crippen molar-refractivity contribution in [2.75, 3.05) is 6.54 Å². The Morgan fingerprint density at radius 2 is 1.65 bits per heavy atom. The van der Waals surface area contributed by atoms with Crippen molar-refractivity contribution in [3.8, 4) is 0 Å². The molecule has 17 heavy (non-hydrogen) atoms. The van der Waals surface area contributed by atoms with E-state index in [1.165, 1.54) is 0 Å². The second kappa shape index (κ2) is 4.76. The van der Waals surface area contributed by atoms with Crippen LogP contribution in [0.1, 0.15) is 25.0 Å². The molecule has 1 aromatic carbocycles. The van der Waals surface area contributed by atoms with Gasteiger partial charge in [0.15, 0.2) is 0 Å². The largest absolute Gasteiger partial charge is 0.324 e. The Labute approximate surface area is 103 Å². The van der Waals surface area contributed by atoms with Gasteiger partial charge in [-0.3, -0.25) is 0 Å². The summed E-state index contributed by atoms with van der Waals surface area (Å²) in [6.07, 6.45) is 0. The minimum Gasteiger partial charge on any atom is -0.324 e. The molecule has 1 rings (SSSR count). The molecule has 4 nitrogen and oxygen atoms in total. The first-order valence-electron chi connectivity index (χ1n) is 5.47. The SMILES string of the molecule is Cc1cc(C)cc(S(=O)(=O)NCC(C)(C)N)c1. The van der Waals surface area contributed by atoms with E-state index in [9.17, 15) is 8.42 Å². The number of nitrogens with one attached hydrogen (secondary N) is 1. The summed E-state index contributed by atoms with van der Waals surface area (Å²) in [4.78, 5) is 0.291. The molecule has 0 unspecified atom stereocenters. The summed E-state index contributed by atoms with van der Waals surface area (Å²) >= 11 is 0. The number of benzene rings is 1. The monoisotopic (exact) mass is 256 g/mol. The summed E-state index contributed by atoms with van der Waals surface area (Å²) in [5.41, 5.74) is 7.05. The molecule has 0 heterocycles. The molecule has 0 radical (unpaired) electrons. The molecule has 1 aromatic rings. The maximum atomic E-state index is 12.0. The molecule has 0 spiro atoms. The van der Waals surface area contributed by atoms with E-state index in [2.05, 4.69) is 4.72 Å². The van der Waals surface area contributed by atoms with E-state index in [1.54, 1.807) is 26.0 Å². The predicted octanol–water partition coefficient (Wildman–Crippen LogP) is 1.32. The molecule has 0 bridgehead atoms. The molecule has 3 N–H and O–H groups in total. The molecule has 0 aliphatic rings. The van der Waals surface area contributed by atoms with Gasteiger partial charge in [-0.2, -0.15) is 0 Å². The molecule has 5 heteroatoms. The third kappa shape index (κ3) is 4.46. The van der Waals surface area contributed by atoms with Gasteiger partial charge >= 0.3 is 0 Å². The lowest BCUT2D eigenvalue weighted by molar-refractivity contribution is 0.498. The zero-order valence-corrected chi connectivity index (χ0v) is 11.6. The highest BCUT2D eigenvalue weighted by molar-refractivity contribution is 7.89. The van der Waals surface area contributed by atoms with E-state index in [0.29, 0.717) is 4.90 Å². The van der Waals surface area contributed by atoms with E-state index in [1.807, 2.05) is 19.9 Å². The molecule has 0 amide bonds. The first kappa shape index (κ1) is 14.2. The first-order chi connectivity index (χ1) is 7.60. The number of sulfonamides is 1. The lowest BCUT2D eigenvalue weighted by Gasteiger charge is -2.19. The van der Waals surface area contributed by atoms with Crippen molar-refractivity contribution in [1.82, 2.24) is 4.72 Å². The van der Waals surface area contributed by atoms with Gasteiger partial charge in [-0.25, -0.2) is 13.1 Å². The minimum atomic E-state index is -3.47. The summed E-state index contributed by atoms with van der Waals surface area (Å²) in [6.45, 7) is 7.51. The smallest absolute Gasteiger partial charge is 0.240 e.